The number of aliphatic hydroxyl groups is 1. The van der Waals surface area contributed by atoms with Gasteiger partial charge < -0.3 is 10.0 Å². The normalized spacial score (nSPS) is 20.8. The first-order chi connectivity index (χ1) is 9.47. The highest BCUT2D eigenvalue weighted by molar-refractivity contribution is 6.33. The van der Waals surface area contributed by atoms with Gasteiger partial charge >= 0.3 is 0 Å². The summed E-state index contributed by atoms with van der Waals surface area (Å²) < 4.78 is 0. The van der Waals surface area contributed by atoms with Crippen LogP contribution in [0.2, 0.25) is 10.0 Å². The molecule has 110 valence electrons. The standard InChI is InChI=1S/C15H19Cl2NO2/c1-10(19)11-3-2-6-18(9-11)15(20)8-12-7-13(16)4-5-14(12)17/h4-5,7,10-11,19H,2-3,6,8-9H2,1H3/t10-,11+/m0/s1. The Labute approximate surface area is 129 Å². The maximum Gasteiger partial charge on any atom is 0.227 e. The molecule has 1 N–H and O–H groups in total. The van der Waals surface area contributed by atoms with Crippen LogP contribution in [0.5, 0.6) is 0 Å². The monoisotopic (exact) mass is 315 g/mol. The minimum atomic E-state index is -0.375. The topological polar surface area (TPSA) is 40.5 Å². The van der Waals surface area contributed by atoms with Gasteiger partial charge in [0.15, 0.2) is 0 Å². The Hall–Kier alpha value is -0.770. The fourth-order valence-corrected chi connectivity index (χ4v) is 2.96. The van der Waals surface area contributed by atoms with Crippen molar-refractivity contribution in [2.75, 3.05) is 13.1 Å². The second kappa shape index (κ2) is 6.79. The number of benzene rings is 1. The van der Waals surface area contributed by atoms with E-state index in [2.05, 4.69) is 0 Å². The van der Waals surface area contributed by atoms with Gasteiger partial charge in [-0.1, -0.05) is 23.2 Å². The lowest BCUT2D eigenvalue weighted by molar-refractivity contribution is -0.133. The quantitative estimate of drug-likeness (QED) is 0.930. The molecule has 5 heteroatoms. The minimum absolute atomic E-state index is 0.0412. The fraction of sp³-hybridized carbons (Fsp3) is 0.533. The van der Waals surface area contributed by atoms with E-state index >= 15 is 0 Å². The van der Waals surface area contributed by atoms with Crippen LogP contribution in [0, 0.1) is 5.92 Å². The van der Waals surface area contributed by atoms with Crippen molar-refractivity contribution in [1.29, 1.82) is 0 Å². The summed E-state index contributed by atoms with van der Waals surface area (Å²) in [5.41, 5.74) is 0.753. The largest absolute Gasteiger partial charge is 0.393 e. The summed E-state index contributed by atoms with van der Waals surface area (Å²) in [6.07, 6.45) is 1.79. The van der Waals surface area contributed by atoms with E-state index in [1.807, 2.05) is 4.90 Å². The number of halogens is 2. The summed E-state index contributed by atoms with van der Waals surface area (Å²) >= 11 is 12.0. The summed E-state index contributed by atoms with van der Waals surface area (Å²) in [6.45, 7) is 3.15. The SMILES string of the molecule is C[C@H](O)[C@@H]1CCCN(C(=O)Cc2cc(Cl)ccc2Cl)C1. The van der Waals surface area contributed by atoms with Gasteiger partial charge in [-0.25, -0.2) is 0 Å². The number of aliphatic hydroxyl groups excluding tert-OH is 1. The average Bonchev–Trinajstić information content (AvgIpc) is 2.43. The average molecular weight is 316 g/mol. The number of nitrogens with zero attached hydrogens (tertiary/aromatic N) is 1. The molecule has 1 heterocycles. The first-order valence-electron chi connectivity index (χ1n) is 6.87. The fourth-order valence-electron chi connectivity index (χ4n) is 2.58. The molecule has 0 unspecified atom stereocenters. The third kappa shape index (κ3) is 3.87. The molecule has 2 rings (SSSR count). The number of likely N-dealkylation sites (tertiary alicyclic amines) is 1. The summed E-state index contributed by atoms with van der Waals surface area (Å²) in [4.78, 5) is 14.2. The number of hydrogen-bond acceptors (Lipinski definition) is 2. The van der Waals surface area contributed by atoms with Crippen LogP contribution in [-0.2, 0) is 11.2 Å². The van der Waals surface area contributed by atoms with Crippen LogP contribution in [0.3, 0.4) is 0 Å². The van der Waals surface area contributed by atoms with E-state index in [1.165, 1.54) is 0 Å². The van der Waals surface area contributed by atoms with Crippen molar-refractivity contribution in [1.82, 2.24) is 4.90 Å². The number of hydrogen-bond donors (Lipinski definition) is 1. The predicted octanol–water partition coefficient (Wildman–Crippen LogP) is 3.16. The lowest BCUT2D eigenvalue weighted by Crippen LogP contribution is -2.43. The van der Waals surface area contributed by atoms with Crippen molar-refractivity contribution in [3.63, 3.8) is 0 Å². The molecular formula is C15H19Cl2NO2. The molecule has 1 aliphatic rings. The van der Waals surface area contributed by atoms with Crippen LogP contribution in [0.15, 0.2) is 18.2 Å². The zero-order chi connectivity index (χ0) is 14.7. The second-order valence-electron chi connectivity index (χ2n) is 5.40. The Morgan fingerprint density at radius 2 is 2.25 bits per heavy atom. The van der Waals surface area contributed by atoms with Gasteiger partial charge in [-0.15, -0.1) is 0 Å². The zero-order valence-corrected chi connectivity index (χ0v) is 13.0. The summed E-state index contributed by atoms with van der Waals surface area (Å²) in [5.74, 6) is 0.210. The maximum absolute atomic E-state index is 12.3. The van der Waals surface area contributed by atoms with E-state index in [-0.39, 0.29) is 24.3 Å². The Balaban J connectivity index is 2.02. The molecule has 20 heavy (non-hydrogen) atoms. The van der Waals surface area contributed by atoms with E-state index in [0.717, 1.165) is 24.9 Å². The number of amides is 1. The summed E-state index contributed by atoms with van der Waals surface area (Å²) in [6, 6.07) is 5.15. The molecule has 3 nitrogen and oxygen atoms in total. The second-order valence-corrected chi connectivity index (χ2v) is 6.24. The van der Waals surface area contributed by atoms with Crippen molar-refractivity contribution >= 4 is 29.1 Å². The third-order valence-corrected chi connectivity index (χ3v) is 4.45. The molecule has 0 aromatic heterocycles. The van der Waals surface area contributed by atoms with Gasteiger partial charge in [0.25, 0.3) is 0 Å². The lowest BCUT2D eigenvalue weighted by atomic mass is 9.93. The van der Waals surface area contributed by atoms with E-state index in [0.29, 0.717) is 16.6 Å². The van der Waals surface area contributed by atoms with Crippen LogP contribution in [0.25, 0.3) is 0 Å². The third-order valence-electron chi connectivity index (χ3n) is 3.84. The van der Waals surface area contributed by atoms with Crippen LogP contribution < -0.4 is 0 Å². The highest BCUT2D eigenvalue weighted by atomic mass is 35.5. The Morgan fingerprint density at radius 3 is 2.95 bits per heavy atom. The van der Waals surface area contributed by atoms with Crippen LogP contribution in [-0.4, -0.2) is 35.1 Å². The molecule has 2 atom stereocenters. The van der Waals surface area contributed by atoms with Gasteiger partial charge in [-0.05, 0) is 43.5 Å². The van der Waals surface area contributed by atoms with E-state index in [1.54, 1.807) is 25.1 Å². The highest BCUT2D eigenvalue weighted by Crippen LogP contribution is 2.24. The van der Waals surface area contributed by atoms with Gasteiger partial charge in [-0.3, -0.25) is 4.79 Å². The number of carbonyl (C=O) groups excluding carboxylic acids is 1. The maximum atomic E-state index is 12.3. The molecule has 0 bridgehead atoms. The number of carbonyl (C=O) groups is 1. The molecule has 1 fully saturated rings. The van der Waals surface area contributed by atoms with E-state index in [4.69, 9.17) is 23.2 Å². The van der Waals surface area contributed by atoms with Crippen molar-refractivity contribution in [3.05, 3.63) is 33.8 Å². The smallest absolute Gasteiger partial charge is 0.227 e. The van der Waals surface area contributed by atoms with Crippen molar-refractivity contribution in [2.24, 2.45) is 5.92 Å². The first kappa shape index (κ1) is 15.6. The Morgan fingerprint density at radius 1 is 1.50 bits per heavy atom. The molecule has 0 spiro atoms. The Bertz CT molecular complexity index is 491. The number of rotatable bonds is 3. The van der Waals surface area contributed by atoms with E-state index in [9.17, 15) is 9.90 Å². The highest BCUT2D eigenvalue weighted by Gasteiger charge is 2.26. The molecule has 1 aliphatic heterocycles. The number of piperidine rings is 1. The molecule has 1 aromatic rings. The van der Waals surface area contributed by atoms with Crippen molar-refractivity contribution in [3.8, 4) is 0 Å². The summed E-state index contributed by atoms with van der Waals surface area (Å²) in [7, 11) is 0. The summed E-state index contributed by atoms with van der Waals surface area (Å²) in [5, 5.41) is 10.8. The van der Waals surface area contributed by atoms with Gasteiger partial charge in [0.05, 0.1) is 12.5 Å². The molecule has 1 saturated heterocycles. The van der Waals surface area contributed by atoms with Crippen molar-refractivity contribution in [2.45, 2.75) is 32.3 Å². The van der Waals surface area contributed by atoms with Gasteiger partial charge in [0, 0.05) is 29.1 Å². The predicted molar refractivity (Wildman–Crippen MR) is 81.2 cm³/mol. The van der Waals surface area contributed by atoms with Gasteiger partial charge in [-0.2, -0.15) is 0 Å². The van der Waals surface area contributed by atoms with Crippen LogP contribution in [0.4, 0.5) is 0 Å². The van der Waals surface area contributed by atoms with E-state index < -0.39 is 0 Å². The molecule has 1 amide bonds. The van der Waals surface area contributed by atoms with Crippen LogP contribution >= 0.6 is 23.2 Å². The molecule has 0 radical (unpaired) electrons. The van der Waals surface area contributed by atoms with Gasteiger partial charge in [0.2, 0.25) is 5.91 Å². The molecular weight excluding hydrogens is 297 g/mol. The van der Waals surface area contributed by atoms with Gasteiger partial charge in [0.1, 0.15) is 0 Å². The molecule has 1 aromatic carbocycles. The minimum Gasteiger partial charge on any atom is -0.393 e. The first-order valence-corrected chi connectivity index (χ1v) is 7.62. The van der Waals surface area contributed by atoms with Crippen molar-refractivity contribution < 1.29 is 9.90 Å². The molecule has 0 saturated carbocycles. The molecule has 0 aliphatic carbocycles. The zero-order valence-electron chi connectivity index (χ0n) is 11.5. The Kier molecular flexibility index (Phi) is 5.30. The van der Waals surface area contributed by atoms with Crippen LogP contribution in [0.1, 0.15) is 25.3 Å². The lowest BCUT2D eigenvalue weighted by Gasteiger charge is -2.34.